The van der Waals surface area contributed by atoms with Crippen molar-refractivity contribution in [3.05, 3.63) is 69.4 Å². The molecular formula is C21H18N2O8. The Morgan fingerprint density at radius 1 is 1.19 bits per heavy atom. The maximum absolute atomic E-state index is 12.2. The average molecular weight is 426 g/mol. The monoisotopic (exact) mass is 426 g/mol. The first-order valence-electron chi connectivity index (χ1n) is 9.15. The second-order valence-corrected chi connectivity index (χ2v) is 6.14. The van der Waals surface area contributed by atoms with Gasteiger partial charge in [-0.25, -0.2) is 14.6 Å². The summed E-state index contributed by atoms with van der Waals surface area (Å²) < 4.78 is 20.7. The van der Waals surface area contributed by atoms with Gasteiger partial charge in [0.25, 0.3) is 5.69 Å². The average Bonchev–Trinajstić information content (AvgIpc) is 3.13. The molecule has 0 aliphatic carbocycles. The molecule has 0 saturated carbocycles. The highest BCUT2D eigenvalue weighted by molar-refractivity contribution is 6.12. The quantitative estimate of drug-likeness (QED) is 0.273. The third kappa shape index (κ3) is 5.24. The van der Waals surface area contributed by atoms with Crippen molar-refractivity contribution in [2.75, 3.05) is 20.3 Å². The van der Waals surface area contributed by atoms with E-state index in [4.69, 9.17) is 18.9 Å². The number of nitro benzene ring substituents is 1. The Morgan fingerprint density at radius 2 is 1.94 bits per heavy atom. The second kappa shape index (κ2) is 9.53. The maximum Gasteiger partial charge on any atom is 0.363 e. The van der Waals surface area contributed by atoms with Gasteiger partial charge in [0.15, 0.2) is 23.8 Å². The van der Waals surface area contributed by atoms with Crippen LogP contribution in [0.4, 0.5) is 5.69 Å². The Labute approximate surface area is 176 Å². The van der Waals surface area contributed by atoms with E-state index in [1.54, 1.807) is 25.1 Å². The van der Waals surface area contributed by atoms with E-state index in [-0.39, 0.29) is 30.5 Å². The van der Waals surface area contributed by atoms with Gasteiger partial charge in [-0.05, 0) is 42.8 Å². The fourth-order valence-corrected chi connectivity index (χ4v) is 2.65. The minimum atomic E-state index is -0.657. The first-order chi connectivity index (χ1) is 14.9. The van der Waals surface area contributed by atoms with Crippen LogP contribution in [-0.4, -0.2) is 43.1 Å². The number of carbonyl (C=O) groups excluding carboxylic acids is 2. The van der Waals surface area contributed by atoms with Crippen molar-refractivity contribution in [1.29, 1.82) is 0 Å². The maximum atomic E-state index is 12.2. The number of carbonyl (C=O) groups is 2. The first kappa shape index (κ1) is 21.5. The highest BCUT2D eigenvalue weighted by Crippen LogP contribution is 2.30. The largest absolute Gasteiger partial charge is 0.493 e. The van der Waals surface area contributed by atoms with Gasteiger partial charge in [-0.3, -0.25) is 10.1 Å². The van der Waals surface area contributed by atoms with Crippen LogP contribution in [0, 0.1) is 10.1 Å². The number of rotatable bonds is 8. The van der Waals surface area contributed by atoms with Gasteiger partial charge in [0, 0.05) is 17.7 Å². The molecule has 0 atom stereocenters. The molecule has 0 aromatic heterocycles. The molecule has 160 valence electrons. The van der Waals surface area contributed by atoms with Crippen molar-refractivity contribution in [2.24, 2.45) is 4.99 Å². The molecule has 2 aromatic rings. The standard InChI is InChI=1S/C21H18N2O8/c1-3-29-19(24)12-30-17-9-4-13(11-18(17)28-2)10-16-21(25)31-20(22-16)14-5-7-15(8-6-14)23(26)27/h4-11H,3,12H2,1-2H3/b16-10-. The minimum absolute atomic E-state index is 0.0486. The molecule has 0 saturated heterocycles. The molecule has 10 heteroatoms. The number of aliphatic imine (C=N–C) groups is 1. The number of benzene rings is 2. The molecule has 1 aliphatic rings. The Bertz CT molecular complexity index is 1070. The molecule has 10 nitrogen and oxygen atoms in total. The van der Waals surface area contributed by atoms with Gasteiger partial charge in [-0.1, -0.05) is 6.07 Å². The highest BCUT2D eigenvalue weighted by atomic mass is 16.6. The molecule has 0 fully saturated rings. The first-order valence-corrected chi connectivity index (χ1v) is 9.15. The number of esters is 2. The third-order valence-electron chi connectivity index (χ3n) is 4.09. The summed E-state index contributed by atoms with van der Waals surface area (Å²) in [5.41, 5.74) is 0.987. The number of hydrogen-bond donors (Lipinski definition) is 0. The van der Waals surface area contributed by atoms with Crippen molar-refractivity contribution >= 4 is 29.6 Å². The Kier molecular flexibility index (Phi) is 6.61. The molecule has 1 heterocycles. The minimum Gasteiger partial charge on any atom is -0.493 e. The molecule has 0 bridgehead atoms. The molecule has 0 unspecified atom stereocenters. The summed E-state index contributed by atoms with van der Waals surface area (Å²) in [6, 6.07) is 10.4. The molecule has 0 spiro atoms. The predicted molar refractivity (Wildman–Crippen MR) is 109 cm³/mol. The fraction of sp³-hybridized carbons (Fsp3) is 0.190. The van der Waals surface area contributed by atoms with E-state index in [9.17, 15) is 19.7 Å². The lowest BCUT2D eigenvalue weighted by Gasteiger charge is -2.10. The normalized spacial score (nSPS) is 14.1. The Hall–Kier alpha value is -4.21. The summed E-state index contributed by atoms with van der Waals surface area (Å²) >= 11 is 0. The van der Waals surface area contributed by atoms with Gasteiger partial charge in [0.1, 0.15) is 0 Å². The van der Waals surface area contributed by atoms with Crippen molar-refractivity contribution in [2.45, 2.75) is 6.92 Å². The summed E-state index contributed by atoms with van der Waals surface area (Å²) in [4.78, 5) is 38.0. The van der Waals surface area contributed by atoms with Crippen LogP contribution in [0.15, 0.2) is 53.2 Å². The van der Waals surface area contributed by atoms with Crippen LogP contribution in [0.5, 0.6) is 11.5 Å². The van der Waals surface area contributed by atoms with Crippen molar-refractivity contribution in [3.63, 3.8) is 0 Å². The topological polar surface area (TPSA) is 127 Å². The van der Waals surface area contributed by atoms with Crippen LogP contribution < -0.4 is 9.47 Å². The van der Waals surface area contributed by atoms with E-state index >= 15 is 0 Å². The van der Waals surface area contributed by atoms with Gasteiger partial charge >= 0.3 is 11.9 Å². The van der Waals surface area contributed by atoms with Crippen LogP contribution in [-0.2, 0) is 19.1 Å². The van der Waals surface area contributed by atoms with E-state index in [0.29, 0.717) is 22.6 Å². The SMILES string of the molecule is CCOC(=O)COc1ccc(/C=C2\N=C(c3ccc([N+](=O)[O-])cc3)OC2=O)cc1OC. The summed E-state index contributed by atoms with van der Waals surface area (Å²) in [6.07, 6.45) is 1.50. The van der Waals surface area contributed by atoms with Crippen LogP contribution in [0.25, 0.3) is 6.08 Å². The fourth-order valence-electron chi connectivity index (χ4n) is 2.65. The van der Waals surface area contributed by atoms with Crippen LogP contribution >= 0.6 is 0 Å². The third-order valence-corrected chi connectivity index (χ3v) is 4.09. The van der Waals surface area contributed by atoms with Crippen LogP contribution in [0.1, 0.15) is 18.1 Å². The molecule has 0 N–H and O–H groups in total. The summed E-state index contributed by atoms with van der Waals surface area (Å²) in [6.45, 7) is 1.69. The molecule has 0 amide bonds. The van der Waals surface area contributed by atoms with Crippen molar-refractivity contribution in [3.8, 4) is 11.5 Å². The van der Waals surface area contributed by atoms with Crippen molar-refractivity contribution in [1.82, 2.24) is 0 Å². The lowest BCUT2D eigenvalue weighted by atomic mass is 10.1. The van der Waals surface area contributed by atoms with E-state index in [1.807, 2.05) is 0 Å². The van der Waals surface area contributed by atoms with Gasteiger partial charge in [-0.2, -0.15) is 0 Å². The number of ether oxygens (including phenoxy) is 4. The zero-order valence-electron chi connectivity index (χ0n) is 16.7. The second-order valence-electron chi connectivity index (χ2n) is 6.14. The summed E-state index contributed by atoms with van der Waals surface area (Å²) in [5.74, 6) is -0.425. The number of methoxy groups -OCH3 is 1. The van der Waals surface area contributed by atoms with E-state index < -0.39 is 16.9 Å². The van der Waals surface area contributed by atoms with E-state index in [1.165, 1.54) is 37.5 Å². The number of nitrogens with zero attached hydrogens (tertiary/aromatic N) is 2. The molecule has 0 radical (unpaired) electrons. The van der Waals surface area contributed by atoms with Gasteiger partial charge in [0.2, 0.25) is 5.90 Å². The zero-order valence-corrected chi connectivity index (χ0v) is 16.7. The van der Waals surface area contributed by atoms with E-state index in [2.05, 4.69) is 4.99 Å². The molecular weight excluding hydrogens is 408 g/mol. The van der Waals surface area contributed by atoms with Crippen molar-refractivity contribution < 1.29 is 33.5 Å². The van der Waals surface area contributed by atoms with Gasteiger partial charge in [-0.15, -0.1) is 0 Å². The molecule has 2 aromatic carbocycles. The van der Waals surface area contributed by atoms with Gasteiger partial charge < -0.3 is 18.9 Å². The smallest absolute Gasteiger partial charge is 0.363 e. The highest BCUT2D eigenvalue weighted by Gasteiger charge is 2.24. The Morgan fingerprint density at radius 3 is 2.58 bits per heavy atom. The summed E-state index contributed by atoms with van der Waals surface area (Å²) in [5, 5.41) is 10.8. The molecule has 31 heavy (non-hydrogen) atoms. The number of cyclic esters (lactones) is 1. The van der Waals surface area contributed by atoms with E-state index in [0.717, 1.165) is 0 Å². The lowest BCUT2D eigenvalue weighted by Crippen LogP contribution is -2.14. The number of non-ortho nitro benzene ring substituents is 1. The van der Waals surface area contributed by atoms with Gasteiger partial charge in [0.05, 0.1) is 18.6 Å². The zero-order chi connectivity index (χ0) is 22.4. The molecule has 3 rings (SSSR count). The van der Waals surface area contributed by atoms with Crippen LogP contribution in [0.2, 0.25) is 0 Å². The Balaban J connectivity index is 1.79. The van der Waals surface area contributed by atoms with Crippen LogP contribution in [0.3, 0.4) is 0 Å². The lowest BCUT2D eigenvalue weighted by molar-refractivity contribution is -0.384. The number of nitro groups is 1. The predicted octanol–water partition coefficient (Wildman–Crippen LogP) is 2.89. The number of hydrogen-bond acceptors (Lipinski definition) is 9. The molecule has 1 aliphatic heterocycles. The summed E-state index contributed by atoms with van der Waals surface area (Å²) in [7, 11) is 1.44.